The van der Waals surface area contributed by atoms with Crippen LogP contribution in [0.3, 0.4) is 0 Å². The Bertz CT molecular complexity index is 878. The fraction of sp³-hybridized carbons (Fsp3) is 0.0952. The zero-order chi connectivity index (χ0) is 18.4. The van der Waals surface area contributed by atoms with Gasteiger partial charge in [0.25, 0.3) is 0 Å². The van der Waals surface area contributed by atoms with Crippen LogP contribution in [0.5, 0.6) is 11.5 Å². The summed E-state index contributed by atoms with van der Waals surface area (Å²) >= 11 is 0. The van der Waals surface area contributed by atoms with E-state index >= 15 is 0 Å². The third-order valence-electron chi connectivity index (χ3n) is 3.80. The number of hydrogen-bond donors (Lipinski definition) is 2. The average molecular weight is 348 g/mol. The van der Waals surface area contributed by atoms with Crippen molar-refractivity contribution in [2.24, 2.45) is 0 Å². The first-order valence-corrected chi connectivity index (χ1v) is 8.24. The van der Waals surface area contributed by atoms with E-state index in [0.29, 0.717) is 47.2 Å². The van der Waals surface area contributed by atoms with Crippen molar-refractivity contribution >= 4 is 17.2 Å². The Labute approximate surface area is 152 Å². The molecule has 0 spiro atoms. The highest BCUT2D eigenvalue weighted by Crippen LogP contribution is 2.23. The summed E-state index contributed by atoms with van der Waals surface area (Å²) in [6.45, 7) is 0.703. The number of carbonyl (C=O) groups excluding carboxylic acids is 1. The van der Waals surface area contributed by atoms with Crippen molar-refractivity contribution in [3.05, 3.63) is 83.9 Å². The van der Waals surface area contributed by atoms with Crippen molar-refractivity contribution in [3.63, 3.8) is 0 Å². The fourth-order valence-electron chi connectivity index (χ4n) is 2.47. The highest BCUT2D eigenvalue weighted by atomic mass is 16.5. The molecule has 0 radical (unpaired) electrons. The molecular weight excluding hydrogens is 328 g/mol. The van der Waals surface area contributed by atoms with Crippen molar-refractivity contribution in [3.8, 4) is 11.5 Å². The lowest BCUT2D eigenvalue weighted by Gasteiger charge is -2.11. The van der Waals surface area contributed by atoms with Crippen LogP contribution in [0.15, 0.2) is 72.8 Å². The zero-order valence-electron chi connectivity index (χ0n) is 14.2. The first-order chi connectivity index (χ1) is 12.6. The second kappa shape index (κ2) is 8.07. The number of ketones is 1. The van der Waals surface area contributed by atoms with Gasteiger partial charge in [-0.25, -0.2) is 0 Å². The van der Waals surface area contributed by atoms with Gasteiger partial charge in [0.2, 0.25) is 0 Å². The second-order valence-electron chi connectivity index (χ2n) is 5.71. The molecule has 0 aliphatic carbocycles. The van der Waals surface area contributed by atoms with Crippen LogP contribution in [0.4, 0.5) is 11.4 Å². The molecule has 0 saturated heterocycles. The molecule has 0 unspecified atom stereocenters. The lowest BCUT2D eigenvalue weighted by atomic mass is 10.0. The lowest BCUT2D eigenvalue weighted by molar-refractivity contribution is 0.103. The summed E-state index contributed by atoms with van der Waals surface area (Å²) in [7, 11) is 0. The van der Waals surface area contributed by atoms with Gasteiger partial charge in [0.1, 0.15) is 24.7 Å². The first kappa shape index (κ1) is 17.4. The molecule has 0 amide bonds. The minimum Gasteiger partial charge on any atom is -0.490 e. The normalized spacial score (nSPS) is 10.3. The summed E-state index contributed by atoms with van der Waals surface area (Å²) in [6, 6.07) is 21.3. The first-order valence-electron chi connectivity index (χ1n) is 8.24. The molecule has 0 bridgehead atoms. The summed E-state index contributed by atoms with van der Waals surface area (Å²) in [5.74, 6) is 1.23. The molecule has 0 aliphatic rings. The molecule has 0 atom stereocenters. The Morgan fingerprint density at radius 1 is 0.769 bits per heavy atom. The lowest BCUT2D eigenvalue weighted by Crippen LogP contribution is -2.10. The SMILES string of the molecule is Nc1ccc(OCCOc2ccc(C(=O)c3ccccc3)cc2)c(N)c1. The van der Waals surface area contributed by atoms with Gasteiger partial charge in [-0.1, -0.05) is 30.3 Å². The van der Waals surface area contributed by atoms with Crippen LogP contribution in [0.1, 0.15) is 15.9 Å². The van der Waals surface area contributed by atoms with E-state index in [4.69, 9.17) is 20.9 Å². The topological polar surface area (TPSA) is 87.6 Å². The van der Waals surface area contributed by atoms with Gasteiger partial charge in [0, 0.05) is 16.8 Å². The Morgan fingerprint density at radius 3 is 2.12 bits per heavy atom. The van der Waals surface area contributed by atoms with Crippen LogP contribution in [-0.2, 0) is 0 Å². The van der Waals surface area contributed by atoms with Crippen molar-refractivity contribution < 1.29 is 14.3 Å². The number of nitrogens with two attached hydrogens (primary N) is 2. The predicted molar refractivity (Wildman–Crippen MR) is 103 cm³/mol. The third-order valence-corrected chi connectivity index (χ3v) is 3.80. The predicted octanol–water partition coefficient (Wildman–Crippen LogP) is 3.54. The highest BCUT2D eigenvalue weighted by molar-refractivity contribution is 6.08. The Hall–Kier alpha value is -3.47. The maximum Gasteiger partial charge on any atom is 0.193 e. The number of carbonyl (C=O) groups is 1. The molecule has 26 heavy (non-hydrogen) atoms. The number of rotatable bonds is 7. The standard InChI is InChI=1S/C21H20N2O3/c22-17-8-11-20(19(23)14-17)26-13-12-25-18-9-6-16(7-10-18)21(24)15-4-2-1-3-5-15/h1-11,14H,12-13,22-23H2. The Balaban J connectivity index is 1.51. The molecule has 3 aromatic carbocycles. The van der Waals surface area contributed by atoms with E-state index in [-0.39, 0.29) is 5.78 Å². The van der Waals surface area contributed by atoms with Gasteiger partial charge in [-0.3, -0.25) is 4.79 Å². The van der Waals surface area contributed by atoms with E-state index in [0.717, 1.165) is 0 Å². The molecule has 5 heteroatoms. The minimum absolute atomic E-state index is 0.0145. The molecule has 0 fully saturated rings. The van der Waals surface area contributed by atoms with Gasteiger partial charge in [0.15, 0.2) is 5.78 Å². The van der Waals surface area contributed by atoms with Gasteiger partial charge >= 0.3 is 0 Å². The number of ether oxygens (including phenoxy) is 2. The minimum atomic E-state index is -0.0145. The summed E-state index contributed by atoms with van der Waals surface area (Å²) < 4.78 is 11.2. The summed E-state index contributed by atoms with van der Waals surface area (Å²) in [6.07, 6.45) is 0. The maximum absolute atomic E-state index is 12.3. The van der Waals surface area contributed by atoms with E-state index < -0.39 is 0 Å². The molecule has 132 valence electrons. The van der Waals surface area contributed by atoms with Crippen LogP contribution >= 0.6 is 0 Å². The molecule has 0 aromatic heterocycles. The summed E-state index contributed by atoms with van der Waals surface area (Å²) in [5.41, 5.74) is 13.8. The van der Waals surface area contributed by atoms with Gasteiger partial charge in [-0.05, 0) is 42.5 Å². The number of nitrogen functional groups attached to an aromatic ring is 2. The van der Waals surface area contributed by atoms with Gasteiger partial charge < -0.3 is 20.9 Å². The molecule has 0 saturated carbocycles. The van der Waals surface area contributed by atoms with Crippen LogP contribution in [0, 0.1) is 0 Å². The smallest absolute Gasteiger partial charge is 0.193 e. The van der Waals surface area contributed by atoms with Crippen molar-refractivity contribution in [2.45, 2.75) is 0 Å². The number of anilines is 2. The number of benzene rings is 3. The second-order valence-corrected chi connectivity index (χ2v) is 5.71. The Kier molecular flexibility index (Phi) is 5.39. The van der Waals surface area contributed by atoms with Gasteiger partial charge in [0.05, 0.1) is 5.69 Å². The zero-order valence-corrected chi connectivity index (χ0v) is 14.2. The van der Waals surface area contributed by atoms with Gasteiger partial charge in [-0.15, -0.1) is 0 Å². The quantitative estimate of drug-likeness (QED) is 0.387. The van der Waals surface area contributed by atoms with Crippen molar-refractivity contribution in [1.82, 2.24) is 0 Å². The molecule has 3 aromatic rings. The van der Waals surface area contributed by atoms with E-state index in [2.05, 4.69) is 0 Å². The molecule has 4 N–H and O–H groups in total. The molecule has 5 nitrogen and oxygen atoms in total. The summed E-state index contributed by atoms with van der Waals surface area (Å²) in [4.78, 5) is 12.3. The fourth-order valence-corrected chi connectivity index (χ4v) is 2.47. The van der Waals surface area contributed by atoms with Crippen LogP contribution in [0.25, 0.3) is 0 Å². The molecular formula is C21H20N2O3. The third kappa shape index (κ3) is 4.33. The van der Waals surface area contributed by atoms with Crippen LogP contribution < -0.4 is 20.9 Å². The average Bonchev–Trinajstić information content (AvgIpc) is 2.67. The largest absolute Gasteiger partial charge is 0.490 e. The van der Waals surface area contributed by atoms with E-state index in [9.17, 15) is 4.79 Å². The van der Waals surface area contributed by atoms with Crippen LogP contribution in [0.2, 0.25) is 0 Å². The van der Waals surface area contributed by atoms with Crippen molar-refractivity contribution in [2.75, 3.05) is 24.7 Å². The molecule has 0 aliphatic heterocycles. The van der Waals surface area contributed by atoms with Crippen molar-refractivity contribution in [1.29, 1.82) is 0 Å². The Morgan fingerprint density at radius 2 is 1.42 bits per heavy atom. The molecule has 3 rings (SSSR count). The van der Waals surface area contributed by atoms with Crippen LogP contribution in [-0.4, -0.2) is 19.0 Å². The highest BCUT2D eigenvalue weighted by Gasteiger charge is 2.08. The van der Waals surface area contributed by atoms with Gasteiger partial charge in [-0.2, -0.15) is 0 Å². The number of hydrogen-bond acceptors (Lipinski definition) is 5. The van der Waals surface area contributed by atoms with E-state index in [1.54, 1.807) is 54.6 Å². The van der Waals surface area contributed by atoms with E-state index in [1.807, 2.05) is 18.2 Å². The maximum atomic E-state index is 12.3. The monoisotopic (exact) mass is 348 g/mol. The molecule has 0 heterocycles. The summed E-state index contributed by atoms with van der Waals surface area (Å²) in [5, 5.41) is 0. The van der Waals surface area contributed by atoms with E-state index in [1.165, 1.54) is 0 Å².